The Kier molecular flexibility index (Phi) is 8.08. The van der Waals surface area contributed by atoms with E-state index >= 15 is 0 Å². The molecule has 6 rings (SSSR count). The van der Waals surface area contributed by atoms with Gasteiger partial charge in [0.25, 0.3) is 0 Å². The van der Waals surface area contributed by atoms with Crippen molar-refractivity contribution in [2.45, 2.75) is 111 Å². The summed E-state index contributed by atoms with van der Waals surface area (Å²) in [6, 6.07) is 8.16. The number of Topliss-reactive ketones (excluding diaryl/α,β-unsaturated/α-hetero) is 1. The number of ether oxygens (including phenoxy) is 1. The SMILES string of the molecule is COC1CCC2(C)C(CCC3(C)C4CCC5(CCNCc6ccc(Cl)cc6)CC(=O)C(C(C)C)=C5C4CCC32)C1C. The first-order chi connectivity index (χ1) is 19.5. The second kappa shape index (κ2) is 11.1. The molecule has 9 unspecified atom stereocenters. The fraction of sp³-hybridized carbons (Fsp3) is 0.757. The first-order valence-electron chi connectivity index (χ1n) is 16.8. The molecule has 0 bridgehead atoms. The van der Waals surface area contributed by atoms with Gasteiger partial charge in [0.05, 0.1) is 6.10 Å². The largest absolute Gasteiger partial charge is 0.381 e. The number of hydrogen-bond acceptors (Lipinski definition) is 3. The zero-order valence-corrected chi connectivity index (χ0v) is 27.3. The third-order valence-corrected chi connectivity index (χ3v) is 13.8. The molecule has 9 atom stereocenters. The van der Waals surface area contributed by atoms with Gasteiger partial charge < -0.3 is 10.1 Å². The lowest BCUT2D eigenvalue weighted by molar-refractivity contribution is -0.182. The van der Waals surface area contributed by atoms with E-state index in [1.54, 1.807) is 5.57 Å². The summed E-state index contributed by atoms with van der Waals surface area (Å²) in [6.45, 7) is 14.2. The van der Waals surface area contributed by atoms with Crippen LogP contribution in [0.25, 0.3) is 0 Å². The molecule has 1 aromatic rings. The molecule has 226 valence electrons. The Bertz CT molecular complexity index is 1170. The van der Waals surface area contributed by atoms with E-state index in [9.17, 15) is 4.79 Å². The van der Waals surface area contributed by atoms with Crippen LogP contribution in [-0.4, -0.2) is 25.5 Å². The van der Waals surface area contributed by atoms with E-state index in [0.717, 1.165) is 48.7 Å². The first kappa shape index (κ1) is 29.9. The number of allylic oxidation sites excluding steroid dienone is 2. The number of nitrogens with one attached hydrogen (secondary N) is 1. The molecule has 1 N–H and O–H groups in total. The van der Waals surface area contributed by atoms with Crippen molar-refractivity contribution >= 4 is 17.4 Å². The van der Waals surface area contributed by atoms with Crippen LogP contribution in [0, 0.1) is 51.8 Å². The van der Waals surface area contributed by atoms with Gasteiger partial charge in [-0.1, -0.05) is 63.9 Å². The molecule has 0 radical (unpaired) electrons. The highest BCUT2D eigenvalue weighted by Gasteiger charge is 2.64. The highest BCUT2D eigenvalue weighted by Crippen LogP contribution is 2.72. The van der Waals surface area contributed by atoms with Crippen molar-refractivity contribution in [1.29, 1.82) is 0 Å². The molecule has 5 aliphatic rings. The van der Waals surface area contributed by atoms with E-state index in [1.807, 2.05) is 19.2 Å². The van der Waals surface area contributed by atoms with Crippen LogP contribution in [0.1, 0.15) is 104 Å². The predicted molar refractivity (Wildman–Crippen MR) is 169 cm³/mol. The van der Waals surface area contributed by atoms with Crippen molar-refractivity contribution in [2.75, 3.05) is 13.7 Å². The van der Waals surface area contributed by atoms with Gasteiger partial charge in [0.2, 0.25) is 0 Å². The van der Waals surface area contributed by atoms with E-state index in [1.165, 1.54) is 62.5 Å². The van der Waals surface area contributed by atoms with Crippen molar-refractivity contribution in [3.05, 3.63) is 46.0 Å². The molecule has 1 aromatic carbocycles. The predicted octanol–water partition coefficient (Wildman–Crippen LogP) is 9.04. The van der Waals surface area contributed by atoms with Crippen molar-refractivity contribution in [3.8, 4) is 0 Å². The van der Waals surface area contributed by atoms with Crippen LogP contribution in [0.3, 0.4) is 0 Å². The number of hydrogen-bond donors (Lipinski definition) is 1. The Balaban J connectivity index is 1.25. The summed E-state index contributed by atoms with van der Waals surface area (Å²) in [4.78, 5) is 13.7. The first-order valence-corrected chi connectivity index (χ1v) is 17.2. The summed E-state index contributed by atoms with van der Waals surface area (Å²) in [5.41, 5.74) is 5.00. The maximum absolute atomic E-state index is 13.7. The molecular weight excluding hydrogens is 526 g/mol. The number of halogens is 1. The van der Waals surface area contributed by atoms with Gasteiger partial charge in [0.15, 0.2) is 5.78 Å². The molecule has 0 aromatic heterocycles. The van der Waals surface area contributed by atoms with E-state index < -0.39 is 0 Å². The second-order valence-corrected chi connectivity index (χ2v) is 16.1. The molecule has 0 amide bonds. The maximum Gasteiger partial charge on any atom is 0.159 e. The summed E-state index contributed by atoms with van der Waals surface area (Å²) in [6.07, 6.45) is 12.6. The number of fused-ring (bicyclic) bond motifs is 7. The van der Waals surface area contributed by atoms with Gasteiger partial charge in [-0.3, -0.25) is 4.79 Å². The molecular formula is C37H54ClNO2. The van der Waals surface area contributed by atoms with Gasteiger partial charge in [0.1, 0.15) is 0 Å². The van der Waals surface area contributed by atoms with Gasteiger partial charge in [-0.25, -0.2) is 0 Å². The molecule has 41 heavy (non-hydrogen) atoms. The van der Waals surface area contributed by atoms with Gasteiger partial charge in [-0.05, 0) is 134 Å². The Morgan fingerprint density at radius 1 is 0.976 bits per heavy atom. The molecule has 0 heterocycles. The molecule has 0 saturated heterocycles. The number of ketones is 1. The molecule has 4 fully saturated rings. The zero-order chi connectivity index (χ0) is 29.2. The smallest absolute Gasteiger partial charge is 0.159 e. The van der Waals surface area contributed by atoms with E-state index in [2.05, 4.69) is 52.1 Å². The lowest BCUT2D eigenvalue weighted by Gasteiger charge is -2.67. The van der Waals surface area contributed by atoms with Crippen molar-refractivity contribution < 1.29 is 9.53 Å². The minimum atomic E-state index is 0.0696. The molecule has 4 saturated carbocycles. The summed E-state index contributed by atoms with van der Waals surface area (Å²) in [5, 5.41) is 4.51. The van der Waals surface area contributed by atoms with Crippen LogP contribution in [0.4, 0.5) is 0 Å². The Morgan fingerprint density at radius 2 is 1.66 bits per heavy atom. The summed E-state index contributed by atoms with van der Waals surface area (Å²) >= 11 is 6.09. The number of methoxy groups -OCH3 is 1. The lowest BCUT2D eigenvalue weighted by atomic mass is 9.38. The van der Waals surface area contributed by atoms with Crippen LogP contribution in [-0.2, 0) is 16.1 Å². The van der Waals surface area contributed by atoms with Crippen LogP contribution in [0.2, 0.25) is 5.02 Å². The topological polar surface area (TPSA) is 38.3 Å². The molecule has 5 aliphatic carbocycles. The Hall–Kier alpha value is -1.16. The van der Waals surface area contributed by atoms with Gasteiger partial charge in [-0.15, -0.1) is 0 Å². The van der Waals surface area contributed by atoms with Crippen LogP contribution >= 0.6 is 11.6 Å². The van der Waals surface area contributed by atoms with Crippen LogP contribution in [0.5, 0.6) is 0 Å². The second-order valence-electron chi connectivity index (χ2n) is 15.6. The molecule has 4 heteroatoms. The zero-order valence-electron chi connectivity index (χ0n) is 26.5. The minimum Gasteiger partial charge on any atom is -0.381 e. The molecule has 3 nitrogen and oxygen atoms in total. The van der Waals surface area contributed by atoms with Crippen molar-refractivity contribution in [3.63, 3.8) is 0 Å². The number of carbonyl (C=O) groups excluding carboxylic acids is 1. The average molecular weight is 580 g/mol. The fourth-order valence-electron chi connectivity index (χ4n) is 11.8. The Morgan fingerprint density at radius 3 is 2.37 bits per heavy atom. The highest BCUT2D eigenvalue weighted by molar-refractivity contribution is 6.30. The number of carbonyl (C=O) groups is 1. The number of rotatable bonds is 7. The maximum atomic E-state index is 13.7. The third-order valence-electron chi connectivity index (χ3n) is 13.6. The van der Waals surface area contributed by atoms with Gasteiger partial charge in [-0.2, -0.15) is 0 Å². The summed E-state index contributed by atoms with van der Waals surface area (Å²) in [7, 11) is 1.92. The molecule has 0 spiro atoms. The summed E-state index contributed by atoms with van der Waals surface area (Å²) in [5.74, 6) is 4.33. The fourth-order valence-corrected chi connectivity index (χ4v) is 12.0. The van der Waals surface area contributed by atoms with E-state index in [-0.39, 0.29) is 5.41 Å². The van der Waals surface area contributed by atoms with Crippen LogP contribution in [0.15, 0.2) is 35.4 Å². The van der Waals surface area contributed by atoms with E-state index in [0.29, 0.717) is 40.5 Å². The lowest BCUT2D eigenvalue weighted by Crippen LogP contribution is -2.60. The van der Waals surface area contributed by atoms with Crippen molar-refractivity contribution in [2.24, 2.45) is 51.8 Å². The van der Waals surface area contributed by atoms with Gasteiger partial charge >= 0.3 is 0 Å². The average Bonchev–Trinajstić information content (AvgIpc) is 3.24. The van der Waals surface area contributed by atoms with Gasteiger partial charge in [0, 0.05) is 30.5 Å². The molecule has 0 aliphatic heterocycles. The number of benzene rings is 1. The Labute approximate surface area is 254 Å². The normalized spacial score (nSPS) is 42.1. The standard InChI is InChI=1S/C37H54ClNO2/c1-23(2)33-30(40)21-37(19-20-39-22-25-7-9-26(38)10-8-25)18-14-29-27(34(33)37)11-12-32-35(4)17-15-31(41-6)24(3)28(35)13-16-36(29,32)5/h7-10,23-24,27-29,31-32,39H,11-22H2,1-6H3. The highest BCUT2D eigenvalue weighted by atomic mass is 35.5. The minimum absolute atomic E-state index is 0.0696. The monoisotopic (exact) mass is 579 g/mol. The summed E-state index contributed by atoms with van der Waals surface area (Å²) < 4.78 is 5.97. The quantitative estimate of drug-likeness (QED) is 0.327. The third kappa shape index (κ3) is 4.80. The van der Waals surface area contributed by atoms with E-state index in [4.69, 9.17) is 16.3 Å². The van der Waals surface area contributed by atoms with Crippen molar-refractivity contribution in [1.82, 2.24) is 5.32 Å². The van der Waals surface area contributed by atoms with Crippen LogP contribution < -0.4 is 5.32 Å².